The SMILES string of the molecule is C[C@@H](NCC1CN(CC(C)(C)C)C(=O)CO1)c1cccc2ccccc12. The first-order valence-electron chi connectivity index (χ1n) is 9.44. The zero-order chi connectivity index (χ0) is 18.7. The second-order valence-corrected chi connectivity index (χ2v) is 8.47. The summed E-state index contributed by atoms with van der Waals surface area (Å²) in [4.78, 5) is 14.0. The molecule has 1 unspecified atom stereocenters. The van der Waals surface area contributed by atoms with Crippen LogP contribution in [0.25, 0.3) is 10.8 Å². The molecule has 3 rings (SSSR count). The van der Waals surface area contributed by atoms with E-state index in [2.05, 4.69) is 75.5 Å². The molecule has 1 aliphatic heterocycles. The van der Waals surface area contributed by atoms with Gasteiger partial charge in [0.1, 0.15) is 6.61 Å². The fourth-order valence-corrected chi connectivity index (χ4v) is 3.58. The van der Waals surface area contributed by atoms with E-state index < -0.39 is 0 Å². The highest BCUT2D eigenvalue weighted by Gasteiger charge is 2.29. The number of amides is 1. The Morgan fingerprint density at radius 1 is 1.19 bits per heavy atom. The highest BCUT2D eigenvalue weighted by atomic mass is 16.5. The zero-order valence-corrected chi connectivity index (χ0v) is 16.3. The Hall–Kier alpha value is -1.91. The summed E-state index contributed by atoms with van der Waals surface area (Å²) in [5.41, 5.74) is 1.39. The largest absolute Gasteiger partial charge is 0.365 e. The van der Waals surface area contributed by atoms with Crippen LogP contribution in [-0.2, 0) is 9.53 Å². The molecule has 1 fully saturated rings. The lowest BCUT2D eigenvalue weighted by Crippen LogP contribution is -2.52. The number of ether oxygens (including phenoxy) is 1. The monoisotopic (exact) mass is 354 g/mol. The van der Waals surface area contributed by atoms with E-state index in [0.29, 0.717) is 6.54 Å². The van der Waals surface area contributed by atoms with E-state index in [0.717, 1.165) is 13.1 Å². The minimum atomic E-state index is 0.0347. The number of rotatable bonds is 5. The number of fused-ring (bicyclic) bond motifs is 1. The fraction of sp³-hybridized carbons (Fsp3) is 0.500. The standard InChI is InChI=1S/C22H30N2O2/c1-16(19-11-7-9-17-8-5-6-10-20(17)19)23-12-18-13-24(15-22(2,3)4)21(25)14-26-18/h5-11,16,18,23H,12-15H2,1-4H3/t16-,18?/m1/s1. The van der Waals surface area contributed by atoms with Crippen molar-refractivity contribution in [2.75, 3.05) is 26.2 Å². The highest BCUT2D eigenvalue weighted by molar-refractivity contribution is 5.86. The van der Waals surface area contributed by atoms with E-state index in [1.165, 1.54) is 16.3 Å². The number of hydrogen-bond donors (Lipinski definition) is 1. The third kappa shape index (κ3) is 4.63. The Balaban J connectivity index is 1.62. The molecule has 2 atom stereocenters. The van der Waals surface area contributed by atoms with Crippen molar-refractivity contribution in [2.24, 2.45) is 5.41 Å². The van der Waals surface area contributed by atoms with E-state index in [1.54, 1.807) is 0 Å². The van der Waals surface area contributed by atoms with Crippen molar-refractivity contribution in [2.45, 2.75) is 39.8 Å². The molecule has 2 aromatic carbocycles. The van der Waals surface area contributed by atoms with Crippen molar-refractivity contribution in [1.29, 1.82) is 0 Å². The average Bonchev–Trinajstić information content (AvgIpc) is 2.60. The first-order valence-corrected chi connectivity index (χ1v) is 9.44. The maximum absolute atomic E-state index is 12.1. The van der Waals surface area contributed by atoms with Crippen LogP contribution in [0.3, 0.4) is 0 Å². The Morgan fingerprint density at radius 2 is 1.92 bits per heavy atom. The first-order chi connectivity index (χ1) is 12.3. The number of nitrogens with one attached hydrogen (secondary N) is 1. The second kappa shape index (κ2) is 7.77. The third-order valence-electron chi connectivity index (χ3n) is 4.83. The van der Waals surface area contributed by atoms with Gasteiger partial charge in [0, 0.05) is 25.7 Å². The van der Waals surface area contributed by atoms with E-state index >= 15 is 0 Å². The molecular formula is C22H30N2O2. The van der Waals surface area contributed by atoms with Gasteiger partial charge in [-0.1, -0.05) is 63.2 Å². The predicted octanol–water partition coefficient (Wildman–Crippen LogP) is 3.76. The average molecular weight is 354 g/mol. The molecule has 26 heavy (non-hydrogen) atoms. The summed E-state index contributed by atoms with van der Waals surface area (Å²) in [7, 11) is 0. The van der Waals surface area contributed by atoms with Crippen molar-refractivity contribution in [1.82, 2.24) is 10.2 Å². The van der Waals surface area contributed by atoms with E-state index in [1.807, 2.05) is 4.90 Å². The van der Waals surface area contributed by atoms with E-state index in [-0.39, 0.29) is 30.1 Å². The van der Waals surface area contributed by atoms with Gasteiger partial charge in [0.15, 0.2) is 0 Å². The molecule has 1 heterocycles. The van der Waals surface area contributed by atoms with Crippen LogP contribution in [0.4, 0.5) is 0 Å². The molecule has 4 heteroatoms. The molecule has 2 aromatic rings. The lowest BCUT2D eigenvalue weighted by Gasteiger charge is -2.37. The fourth-order valence-electron chi connectivity index (χ4n) is 3.58. The molecule has 1 N–H and O–H groups in total. The van der Waals surface area contributed by atoms with Crippen molar-refractivity contribution < 1.29 is 9.53 Å². The summed E-state index contributed by atoms with van der Waals surface area (Å²) in [6, 6.07) is 15.1. The molecule has 4 nitrogen and oxygen atoms in total. The van der Waals surface area contributed by atoms with Gasteiger partial charge in [0.25, 0.3) is 0 Å². The zero-order valence-electron chi connectivity index (χ0n) is 16.3. The smallest absolute Gasteiger partial charge is 0.248 e. The molecule has 1 amide bonds. The van der Waals surface area contributed by atoms with Crippen LogP contribution in [0.15, 0.2) is 42.5 Å². The number of carbonyl (C=O) groups excluding carboxylic acids is 1. The Kier molecular flexibility index (Phi) is 5.64. The van der Waals surface area contributed by atoms with Crippen LogP contribution >= 0.6 is 0 Å². The molecule has 0 radical (unpaired) electrons. The van der Waals surface area contributed by atoms with Crippen LogP contribution in [0.1, 0.15) is 39.3 Å². The van der Waals surface area contributed by atoms with Crippen molar-refractivity contribution in [3.63, 3.8) is 0 Å². The van der Waals surface area contributed by atoms with Crippen LogP contribution in [0.2, 0.25) is 0 Å². The van der Waals surface area contributed by atoms with E-state index in [9.17, 15) is 4.79 Å². The minimum absolute atomic E-state index is 0.0347. The predicted molar refractivity (Wildman–Crippen MR) is 106 cm³/mol. The van der Waals surface area contributed by atoms with Gasteiger partial charge in [-0.15, -0.1) is 0 Å². The number of carbonyl (C=O) groups is 1. The molecule has 0 aliphatic carbocycles. The lowest BCUT2D eigenvalue weighted by molar-refractivity contribution is -0.150. The quantitative estimate of drug-likeness (QED) is 0.889. The Morgan fingerprint density at radius 3 is 2.69 bits per heavy atom. The Labute approximate surface area is 156 Å². The summed E-state index contributed by atoms with van der Waals surface area (Å²) >= 11 is 0. The molecule has 1 aliphatic rings. The normalized spacial score (nSPS) is 19.8. The molecule has 140 valence electrons. The third-order valence-corrected chi connectivity index (χ3v) is 4.83. The summed E-state index contributed by atoms with van der Waals surface area (Å²) in [5, 5.41) is 6.14. The van der Waals surface area contributed by atoms with Gasteiger partial charge in [-0.2, -0.15) is 0 Å². The summed E-state index contributed by atoms with van der Waals surface area (Å²) < 4.78 is 5.76. The Bertz CT molecular complexity index is 761. The molecule has 0 bridgehead atoms. The van der Waals surface area contributed by atoms with Gasteiger partial charge in [-0.05, 0) is 28.7 Å². The molecule has 1 saturated heterocycles. The number of benzene rings is 2. The van der Waals surface area contributed by atoms with Gasteiger partial charge >= 0.3 is 0 Å². The van der Waals surface area contributed by atoms with E-state index in [4.69, 9.17) is 4.74 Å². The molecule has 0 spiro atoms. The summed E-state index contributed by atoms with van der Waals surface area (Å²) in [6.07, 6.45) is 0.0347. The van der Waals surface area contributed by atoms with Gasteiger partial charge in [0.2, 0.25) is 5.91 Å². The maximum atomic E-state index is 12.1. The van der Waals surface area contributed by atoms with Crippen molar-refractivity contribution in [3.8, 4) is 0 Å². The molecule has 0 aromatic heterocycles. The van der Waals surface area contributed by atoms with Crippen LogP contribution in [0.5, 0.6) is 0 Å². The van der Waals surface area contributed by atoms with Crippen molar-refractivity contribution in [3.05, 3.63) is 48.0 Å². The minimum Gasteiger partial charge on any atom is -0.365 e. The summed E-state index contributed by atoms with van der Waals surface area (Å²) in [5.74, 6) is 0.0956. The lowest BCUT2D eigenvalue weighted by atomic mass is 9.95. The van der Waals surface area contributed by atoms with Gasteiger partial charge in [0.05, 0.1) is 6.10 Å². The van der Waals surface area contributed by atoms with Crippen LogP contribution in [0, 0.1) is 5.41 Å². The summed E-state index contributed by atoms with van der Waals surface area (Å²) in [6.45, 7) is 11.0. The number of nitrogens with zero attached hydrogens (tertiary/aromatic N) is 1. The molecule has 0 saturated carbocycles. The highest BCUT2D eigenvalue weighted by Crippen LogP contribution is 2.24. The van der Waals surface area contributed by atoms with Crippen molar-refractivity contribution >= 4 is 16.7 Å². The van der Waals surface area contributed by atoms with Gasteiger partial charge < -0.3 is 15.0 Å². The number of morpholine rings is 1. The van der Waals surface area contributed by atoms with Gasteiger partial charge in [-0.3, -0.25) is 4.79 Å². The second-order valence-electron chi connectivity index (χ2n) is 8.47. The number of hydrogen-bond acceptors (Lipinski definition) is 3. The first kappa shape index (κ1) is 18.9. The van der Waals surface area contributed by atoms with Crippen LogP contribution < -0.4 is 5.32 Å². The maximum Gasteiger partial charge on any atom is 0.248 e. The van der Waals surface area contributed by atoms with Gasteiger partial charge in [-0.25, -0.2) is 0 Å². The molecular weight excluding hydrogens is 324 g/mol. The van der Waals surface area contributed by atoms with Crippen LogP contribution in [-0.4, -0.2) is 43.2 Å². The topological polar surface area (TPSA) is 41.6 Å².